The maximum absolute atomic E-state index is 12.6. The van der Waals surface area contributed by atoms with E-state index in [1.165, 1.54) is 12.1 Å². The van der Waals surface area contributed by atoms with Gasteiger partial charge in [-0.2, -0.15) is 13.2 Å². The molecule has 0 radical (unpaired) electrons. The Morgan fingerprint density at radius 2 is 1.73 bits per heavy atom. The van der Waals surface area contributed by atoms with E-state index in [4.69, 9.17) is 4.74 Å². The molecular formula is C19H29F3IN5O2. The van der Waals surface area contributed by atoms with Crippen LogP contribution in [0.15, 0.2) is 29.3 Å². The van der Waals surface area contributed by atoms with Crippen LogP contribution in [0.5, 0.6) is 0 Å². The van der Waals surface area contributed by atoms with E-state index >= 15 is 0 Å². The van der Waals surface area contributed by atoms with Gasteiger partial charge in [0.2, 0.25) is 0 Å². The lowest BCUT2D eigenvalue weighted by Crippen LogP contribution is -2.42. The summed E-state index contributed by atoms with van der Waals surface area (Å²) in [4.78, 5) is 18.8. The Morgan fingerprint density at radius 3 is 2.33 bits per heavy atom. The molecule has 1 aliphatic rings. The van der Waals surface area contributed by atoms with E-state index in [2.05, 4.69) is 25.8 Å². The molecule has 0 bridgehead atoms. The lowest BCUT2D eigenvalue weighted by molar-refractivity contribution is -0.137. The number of alkyl halides is 3. The van der Waals surface area contributed by atoms with E-state index in [1.807, 2.05) is 6.92 Å². The number of guanidine groups is 1. The predicted molar refractivity (Wildman–Crippen MR) is 120 cm³/mol. The van der Waals surface area contributed by atoms with Crippen LogP contribution in [-0.4, -0.2) is 75.8 Å². The van der Waals surface area contributed by atoms with E-state index in [-0.39, 0.29) is 29.5 Å². The SMILES string of the molecule is CCNC(=NCCN1CCOCC1)NCCNC(=O)c1ccc(C(F)(F)F)cc1.I. The molecule has 1 heterocycles. The number of ether oxygens (including phenoxy) is 1. The molecule has 0 unspecified atom stereocenters. The molecule has 3 N–H and O–H groups in total. The number of halogens is 4. The number of rotatable bonds is 8. The lowest BCUT2D eigenvalue weighted by atomic mass is 10.1. The number of hydrogen-bond acceptors (Lipinski definition) is 4. The number of nitrogens with zero attached hydrogens (tertiary/aromatic N) is 2. The highest BCUT2D eigenvalue weighted by atomic mass is 127. The average Bonchev–Trinajstić information content (AvgIpc) is 2.71. The molecule has 1 fully saturated rings. The minimum atomic E-state index is -4.41. The Morgan fingerprint density at radius 1 is 1.10 bits per heavy atom. The van der Waals surface area contributed by atoms with Crippen molar-refractivity contribution < 1.29 is 22.7 Å². The fraction of sp³-hybridized carbons (Fsp3) is 0.579. The molecule has 0 spiro atoms. The summed E-state index contributed by atoms with van der Waals surface area (Å²) in [6.45, 7) is 8.25. The van der Waals surface area contributed by atoms with Gasteiger partial charge in [-0.15, -0.1) is 24.0 Å². The molecule has 0 aliphatic carbocycles. The fourth-order valence-corrected chi connectivity index (χ4v) is 2.74. The largest absolute Gasteiger partial charge is 0.416 e. The number of carbonyl (C=O) groups excluding carboxylic acids is 1. The number of aliphatic imine (C=N–C) groups is 1. The van der Waals surface area contributed by atoms with E-state index < -0.39 is 17.6 Å². The molecule has 1 aromatic rings. The van der Waals surface area contributed by atoms with Gasteiger partial charge in [-0.3, -0.25) is 14.7 Å². The van der Waals surface area contributed by atoms with Crippen LogP contribution in [0.3, 0.4) is 0 Å². The van der Waals surface area contributed by atoms with Crippen LogP contribution in [0, 0.1) is 0 Å². The molecule has 0 aromatic heterocycles. The summed E-state index contributed by atoms with van der Waals surface area (Å²) >= 11 is 0. The van der Waals surface area contributed by atoms with Crippen molar-refractivity contribution in [1.82, 2.24) is 20.9 Å². The Hall–Kier alpha value is -1.60. The van der Waals surface area contributed by atoms with Crippen LogP contribution in [0.1, 0.15) is 22.8 Å². The van der Waals surface area contributed by atoms with Crippen molar-refractivity contribution in [2.24, 2.45) is 4.99 Å². The summed E-state index contributed by atoms with van der Waals surface area (Å²) in [5.74, 6) is 0.235. The summed E-state index contributed by atoms with van der Waals surface area (Å²) in [5, 5.41) is 8.94. The van der Waals surface area contributed by atoms with E-state index in [0.29, 0.717) is 32.1 Å². The normalized spacial score (nSPS) is 15.3. The minimum Gasteiger partial charge on any atom is -0.379 e. The Labute approximate surface area is 191 Å². The van der Waals surface area contributed by atoms with Crippen molar-refractivity contribution >= 4 is 35.8 Å². The standard InChI is InChI=1S/C19H28F3N5O2.HI/c1-2-23-18(26-9-10-27-11-13-29-14-12-27)25-8-7-24-17(28)15-3-5-16(6-4-15)19(20,21)22;/h3-6H,2,7-14H2,1H3,(H,24,28)(H2,23,25,26);1H. The third-order valence-electron chi connectivity index (χ3n) is 4.31. The van der Waals surface area contributed by atoms with Gasteiger partial charge in [0.1, 0.15) is 0 Å². The van der Waals surface area contributed by atoms with Crippen LogP contribution in [-0.2, 0) is 10.9 Å². The second-order valence-corrected chi connectivity index (χ2v) is 6.47. The second-order valence-electron chi connectivity index (χ2n) is 6.47. The first-order valence-electron chi connectivity index (χ1n) is 9.68. The Kier molecular flexibility index (Phi) is 12.0. The smallest absolute Gasteiger partial charge is 0.379 e. The van der Waals surface area contributed by atoms with Crippen LogP contribution in [0.2, 0.25) is 0 Å². The van der Waals surface area contributed by atoms with Gasteiger partial charge in [0.05, 0.1) is 25.3 Å². The number of amides is 1. The maximum Gasteiger partial charge on any atom is 0.416 e. The Bertz CT molecular complexity index is 665. The summed E-state index contributed by atoms with van der Waals surface area (Å²) in [6.07, 6.45) is -4.41. The summed E-state index contributed by atoms with van der Waals surface area (Å²) in [6, 6.07) is 4.14. The van der Waals surface area contributed by atoms with Gasteiger partial charge < -0.3 is 20.7 Å². The van der Waals surface area contributed by atoms with Crippen molar-refractivity contribution in [2.45, 2.75) is 13.1 Å². The number of nitrogens with one attached hydrogen (secondary N) is 3. The summed E-state index contributed by atoms with van der Waals surface area (Å²) in [5.41, 5.74) is -0.594. The topological polar surface area (TPSA) is 78.0 Å². The molecule has 2 rings (SSSR count). The third-order valence-corrected chi connectivity index (χ3v) is 4.31. The highest BCUT2D eigenvalue weighted by Crippen LogP contribution is 2.28. The number of carbonyl (C=O) groups is 1. The van der Waals surface area contributed by atoms with E-state index in [9.17, 15) is 18.0 Å². The molecule has 1 aromatic carbocycles. The fourth-order valence-electron chi connectivity index (χ4n) is 2.74. The molecule has 1 aliphatic heterocycles. The van der Waals surface area contributed by atoms with Gasteiger partial charge in [0, 0.05) is 44.8 Å². The zero-order chi connectivity index (χ0) is 21.1. The third kappa shape index (κ3) is 9.47. The quantitative estimate of drug-likeness (QED) is 0.202. The van der Waals surface area contributed by atoms with Crippen LogP contribution in [0.25, 0.3) is 0 Å². The van der Waals surface area contributed by atoms with E-state index in [1.54, 1.807) is 0 Å². The highest BCUT2D eigenvalue weighted by molar-refractivity contribution is 14.0. The molecule has 0 atom stereocenters. The first-order chi connectivity index (χ1) is 13.9. The first-order valence-corrected chi connectivity index (χ1v) is 9.68. The molecule has 1 saturated heterocycles. The van der Waals surface area contributed by atoms with E-state index in [0.717, 1.165) is 45.0 Å². The molecule has 30 heavy (non-hydrogen) atoms. The Balaban J connectivity index is 0.00000450. The molecule has 0 saturated carbocycles. The van der Waals surface area contributed by atoms with Gasteiger partial charge in [-0.25, -0.2) is 0 Å². The van der Waals surface area contributed by atoms with Crippen molar-refractivity contribution in [1.29, 1.82) is 0 Å². The van der Waals surface area contributed by atoms with Crippen LogP contribution >= 0.6 is 24.0 Å². The average molecular weight is 543 g/mol. The summed E-state index contributed by atoms with van der Waals surface area (Å²) in [7, 11) is 0. The monoisotopic (exact) mass is 543 g/mol. The van der Waals surface area contributed by atoms with Crippen molar-refractivity contribution in [2.75, 3.05) is 59.0 Å². The number of hydrogen-bond donors (Lipinski definition) is 3. The van der Waals surface area contributed by atoms with Gasteiger partial charge in [0.15, 0.2) is 5.96 Å². The second kappa shape index (κ2) is 13.7. The van der Waals surface area contributed by atoms with Crippen molar-refractivity contribution in [3.63, 3.8) is 0 Å². The predicted octanol–water partition coefficient (Wildman–Crippen LogP) is 1.94. The van der Waals surface area contributed by atoms with Gasteiger partial charge in [-0.1, -0.05) is 0 Å². The maximum atomic E-state index is 12.6. The van der Waals surface area contributed by atoms with Crippen molar-refractivity contribution in [3.05, 3.63) is 35.4 Å². The zero-order valence-electron chi connectivity index (χ0n) is 16.9. The number of benzene rings is 1. The van der Waals surface area contributed by atoms with Gasteiger partial charge in [0.25, 0.3) is 5.91 Å². The van der Waals surface area contributed by atoms with Crippen LogP contribution < -0.4 is 16.0 Å². The highest BCUT2D eigenvalue weighted by Gasteiger charge is 2.30. The summed E-state index contributed by atoms with van der Waals surface area (Å²) < 4.78 is 43.0. The van der Waals surface area contributed by atoms with Gasteiger partial charge in [-0.05, 0) is 31.2 Å². The van der Waals surface area contributed by atoms with Gasteiger partial charge >= 0.3 is 6.18 Å². The minimum absolute atomic E-state index is 0. The molecule has 7 nitrogen and oxygen atoms in total. The lowest BCUT2D eigenvalue weighted by Gasteiger charge is -2.25. The number of morpholine rings is 1. The molecular weight excluding hydrogens is 514 g/mol. The van der Waals surface area contributed by atoms with Crippen molar-refractivity contribution in [3.8, 4) is 0 Å². The molecule has 1 amide bonds. The molecule has 11 heteroatoms. The molecule has 170 valence electrons. The first kappa shape index (κ1) is 26.4. The van der Waals surface area contributed by atoms with Crippen LogP contribution in [0.4, 0.5) is 13.2 Å². The zero-order valence-corrected chi connectivity index (χ0v) is 19.3.